The summed E-state index contributed by atoms with van der Waals surface area (Å²) in [5.41, 5.74) is 4.72. The Balaban J connectivity index is 1.83. The number of para-hydroxylation sites is 3. The molecule has 0 N–H and O–H groups in total. The van der Waals surface area contributed by atoms with Crippen molar-refractivity contribution in [3.63, 3.8) is 0 Å². The van der Waals surface area contributed by atoms with E-state index in [4.69, 9.17) is 9.47 Å². The maximum absolute atomic E-state index is 12.9. The lowest BCUT2D eigenvalue weighted by atomic mass is 9.96. The van der Waals surface area contributed by atoms with Crippen LogP contribution in [0.2, 0.25) is 0 Å². The molecule has 5 rings (SSSR count). The van der Waals surface area contributed by atoms with E-state index in [1.807, 2.05) is 67.6 Å². The van der Waals surface area contributed by atoms with E-state index < -0.39 is 0 Å². The van der Waals surface area contributed by atoms with E-state index in [0.29, 0.717) is 5.57 Å². The van der Waals surface area contributed by atoms with E-state index >= 15 is 0 Å². The molecule has 0 spiro atoms. The van der Waals surface area contributed by atoms with Crippen molar-refractivity contribution in [1.29, 1.82) is 0 Å². The highest BCUT2D eigenvalue weighted by Gasteiger charge is 2.46. The Morgan fingerprint density at radius 1 is 0.862 bits per heavy atom. The number of methoxy groups -OCH3 is 1. The summed E-state index contributed by atoms with van der Waals surface area (Å²) in [5, 5.41) is 0. The van der Waals surface area contributed by atoms with Gasteiger partial charge in [0.2, 0.25) is 0 Å². The van der Waals surface area contributed by atoms with Crippen molar-refractivity contribution < 1.29 is 14.3 Å². The fraction of sp³-hybridized carbons (Fsp3) is 0.160. The molecule has 0 bridgehead atoms. The Morgan fingerprint density at radius 2 is 1.52 bits per heavy atom. The SMILES string of the molecule is COC(=O)C1=C(C)[C@H](c2ccccc2)N2c3ccccc3Oc3ccccc3[C@H]12. The molecule has 3 aromatic carbocycles. The molecule has 0 saturated carbocycles. The van der Waals surface area contributed by atoms with Crippen LogP contribution in [0.4, 0.5) is 5.69 Å². The van der Waals surface area contributed by atoms with Gasteiger partial charge in [0.25, 0.3) is 0 Å². The maximum atomic E-state index is 12.9. The predicted molar refractivity (Wildman–Crippen MR) is 112 cm³/mol. The number of benzene rings is 3. The lowest BCUT2D eigenvalue weighted by molar-refractivity contribution is -0.136. The third-order valence-electron chi connectivity index (χ3n) is 5.76. The fourth-order valence-corrected chi connectivity index (χ4v) is 4.55. The molecule has 0 aromatic heterocycles. The maximum Gasteiger partial charge on any atom is 0.336 e. The van der Waals surface area contributed by atoms with Crippen LogP contribution in [0, 0.1) is 0 Å². The van der Waals surface area contributed by atoms with Crippen LogP contribution in [-0.4, -0.2) is 13.1 Å². The number of ether oxygens (including phenoxy) is 2. The van der Waals surface area contributed by atoms with Crippen molar-refractivity contribution in [3.8, 4) is 11.5 Å². The molecule has 0 radical (unpaired) electrons. The zero-order valence-corrected chi connectivity index (χ0v) is 16.3. The van der Waals surface area contributed by atoms with E-state index in [1.54, 1.807) is 0 Å². The Kier molecular flexibility index (Phi) is 4.13. The van der Waals surface area contributed by atoms with Crippen LogP contribution in [0.25, 0.3) is 0 Å². The van der Waals surface area contributed by atoms with E-state index in [-0.39, 0.29) is 18.1 Å². The van der Waals surface area contributed by atoms with Gasteiger partial charge in [-0.05, 0) is 36.3 Å². The number of hydrogen-bond donors (Lipinski definition) is 0. The third kappa shape index (κ3) is 2.64. The molecule has 4 nitrogen and oxygen atoms in total. The highest BCUT2D eigenvalue weighted by Crippen LogP contribution is 2.56. The Bertz CT molecular complexity index is 1120. The van der Waals surface area contributed by atoms with Gasteiger partial charge in [0.05, 0.1) is 30.5 Å². The number of anilines is 1. The highest BCUT2D eigenvalue weighted by molar-refractivity contribution is 5.95. The highest BCUT2D eigenvalue weighted by atomic mass is 16.5. The second-order valence-corrected chi connectivity index (χ2v) is 7.32. The molecule has 29 heavy (non-hydrogen) atoms. The van der Waals surface area contributed by atoms with E-state index in [9.17, 15) is 4.79 Å². The first-order valence-corrected chi connectivity index (χ1v) is 9.68. The Morgan fingerprint density at radius 3 is 2.28 bits per heavy atom. The van der Waals surface area contributed by atoms with Crippen LogP contribution < -0.4 is 9.64 Å². The van der Waals surface area contributed by atoms with Gasteiger partial charge in [-0.2, -0.15) is 0 Å². The number of nitrogens with zero attached hydrogens (tertiary/aromatic N) is 1. The number of carbonyl (C=O) groups excluding carboxylic acids is 1. The number of fused-ring (bicyclic) bond motifs is 5. The van der Waals surface area contributed by atoms with Gasteiger partial charge >= 0.3 is 5.97 Å². The summed E-state index contributed by atoms with van der Waals surface area (Å²) in [6, 6.07) is 25.8. The predicted octanol–water partition coefficient (Wildman–Crippen LogP) is 5.58. The average Bonchev–Trinajstić information content (AvgIpc) is 2.99. The van der Waals surface area contributed by atoms with Crippen molar-refractivity contribution in [2.24, 2.45) is 0 Å². The largest absolute Gasteiger partial charge is 0.466 e. The number of esters is 1. The standard InChI is InChI=1S/C25H21NO3/c1-16-22(25(27)28-2)24-18-12-6-8-14-20(18)29-21-15-9-7-13-19(21)26(24)23(16)17-10-4-3-5-11-17/h3-15,23-24H,1-2H3/t23-,24-/m1/s1. The topological polar surface area (TPSA) is 38.8 Å². The van der Waals surface area contributed by atoms with E-state index in [1.165, 1.54) is 7.11 Å². The quantitative estimate of drug-likeness (QED) is 0.541. The van der Waals surface area contributed by atoms with Gasteiger partial charge in [0, 0.05) is 5.56 Å². The summed E-state index contributed by atoms with van der Waals surface area (Å²) >= 11 is 0. The smallest absolute Gasteiger partial charge is 0.336 e. The second-order valence-electron chi connectivity index (χ2n) is 7.32. The van der Waals surface area contributed by atoms with Gasteiger partial charge in [0.15, 0.2) is 5.75 Å². The van der Waals surface area contributed by atoms with Gasteiger partial charge in [0.1, 0.15) is 5.75 Å². The average molecular weight is 383 g/mol. The van der Waals surface area contributed by atoms with Gasteiger partial charge < -0.3 is 14.4 Å². The first-order valence-electron chi connectivity index (χ1n) is 9.68. The molecule has 0 unspecified atom stereocenters. The van der Waals surface area contributed by atoms with Gasteiger partial charge in [-0.3, -0.25) is 0 Å². The van der Waals surface area contributed by atoms with Crippen LogP contribution in [0.15, 0.2) is 90.0 Å². The number of hydrogen-bond acceptors (Lipinski definition) is 4. The third-order valence-corrected chi connectivity index (χ3v) is 5.76. The molecule has 0 saturated heterocycles. The summed E-state index contributed by atoms with van der Waals surface area (Å²) < 4.78 is 11.5. The van der Waals surface area contributed by atoms with Crippen LogP contribution >= 0.6 is 0 Å². The van der Waals surface area contributed by atoms with E-state index in [0.717, 1.165) is 33.9 Å². The summed E-state index contributed by atoms with van der Waals surface area (Å²) in [4.78, 5) is 15.2. The first kappa shape index (κ1) is 17.6. The van der Waals surface area contributed by atoms with Crippen molar-refractivity contribution in [3.05, 3.63) is 101 Å². The summed E-state index contributed by atoms with van der Waals surface area (Å²) in [6.45, 7) is 2.03. The van der Waals surface area contributed by atoms with Gasteiger partial charge in [-0.1, -0.05) is 60.7 Å². The van der Waals surface area contributed by atoms with Gasteiger partial charge in [-0.25, -0.2) is 4.79 Å². The van der Waals surface area contributed by atoms with Crippen molar-refractivity contribution >= 4 is 11.7 Å². The van der Waals surface area contributed by atoms with Crippen LogP contribution in [0.5, 0.6) is 11.5 Å². The molecule has 2 aliphatic rings. The summed E-state index contributed by atoms with van der Waals surface area (Å²) in [7, 11) is 1.44. The normalized spacial score (nSPS) is 19.6. The van der Waals surface area contributed by atoms with Crippen molar-refractivity contribution in [1.82, 2.24) is 0 Å². The molecule has 4 heteroatoms. The monoisotopic (exact) mass is 383 g/mol. The van der Waals surface area contributed by atoms with Crippen LogP contribution in [-0.2, 0) is 9.53 Å². The van der Waals surface area contributed by atoms with Crippen molar-refractivity contribution in [2.45, 2.75) is 19.0 Å². The molecule has 2 atom stereocenters. The lowest BCUT2D eigenvalue weighted by Gasteiger charge is -2.33. The lowest BCUT2D eigenvalue weighted by Crippen LogP contribution is -2.29. The molecule has 0 aliphatic carbocycles. The number of carbonyl (C=O) groups is 1. The molecule has 3 aromatic rings. The molecular formula is C25H21NO3. The van der Waals surface area contributed by atoms with Gasteiger partial charge in [-0.15, -0.1) is 0 Å². The van der Waals surface area contributed by atoms with Crippen molar-refractivity contribution in [2.75, 3.05) is 12.0 Å². The fourth-order valence-electron chi connectivity index (χ4n) is 4.55. The summed E-state index contributed by atoms with van der Waals surface area (Å²) in [5.74, 6) is 1.24. The Labute approximate surface area is 170 Å². The second kappa shape index (κ2) is 6.82. The molecule has 0 fully saturated rings. The minimum absolute atomic E-state index is 0.0915. The number of rotatable bonds is 2. The molecule has 2 heterocycles. The molecular weight excluding hydrogens is 362 g/mol. The first-order chi connectivity index (χ1) is 14.2. The minimum Gasteiger partial charge on any atom is -0.466 e. The zero-order valence-electron chi connectivity index (χ0n) is 16.3. The summed E-state index contributed by atoms with van der Waals surface area (Å²) in [6.07, 6.45) is 0. The Hall–Kier alpha value is -3.53. The molecule has 144 valence electrons. The van der Waals surface area contributed by atoms with E-state index in [2.05, 4.69) is 23.1 Å². The minimum atomic E-state index is -0.301. The van der Waals surface area contributed by atoms with Crippen LogP contribution in [0.3, 0.4) is 0 Å². The molecule has 2 aliphatic heterocycles. The zero-order chi connectivity index (χ0) is 20.0. The molecule has 0 amide bonds. The van der Waals surface area contributed by atoms with Crippen LogP contribution in [0.1, 0.15) is 30.1 Å².